The molecule has 2 aromatic carbocycles. The number of piperidine rings is 1. The van der Waals surface area contributed by atoms with E-state index in [1.54, 1.807) is 17.0 Å². The van der Waals surface area contributed by atoms with Crippen molar-refractivity contribution in [3.63, 3.8) is 0 Å². The summed E-state index contributed by atoms with van der Waals surface area (Å²) in [4.78, 5) is 26.8. The molecule has 1 fully saturated rings. The Morgan fingerprint density at radius 1 is 1.14 bits per heavy atom. The van der Waals surface area contributed by atoms with Gasteiger partial charge in [-0.1, -0.05) is 46.3 Å². The van der Waals surface area contributed by atoms with E-state index >= 15 is 0 Å². The lowest BCUT2D eigenvalue weighted by Crippen LogP contribution is -2.46. The topological polar surface area (TPSA) is 49.4 Å². The maximum absolute atomic E-state index is 13.0. The van der Waals surface area contributed by atoms with Gasteiger partial charge in [0.15, 0.2) is 0 Å². The molecule has 1 aliphatic heterocycles. The van der Waals surface area contributed by atoms with Crippen LogP contribution in [0.3, 0.4) is 0 Å². The summed E-state index contributed by atoms with van der Waals surface area (Å²) in [6, 6.07) is 13.9. The molecule has 1 N–H and O–H groups in total. The van der Waals surface area contributed by atoms with Gasteiger partial charge in [0.1, 0.15) is 5.82 Å². The van der Waals surface area contributed by atoms with Gasteiger partial charge in [-0.3, -0.25) is 9.59 Å². The minimum Gasteiger partial charge on any atom is -0.355 e. The first-order valence-corrected chi connectivity index (χ1v) is 10.4. The highest BCUT2D eigenvalue weighted by molar-refractivity contribution is 9.10. The number of rotatable bonds is 6. The Hall–Kier alpha value is -2.21. The fraction of sp³-hybridized carbons (Fsp3) is 0.364. The van der Waals surface area contributed by atoms with Crippen molar-refractivity contribution in [1.29, 1.82) is 0 Å². The lowest BCUT2D eigenvalue weighted by atomic mass is 9.96. The molecular weight excluding hydrogens is 423 g/mol. The molecule has 3 rings (SSSR count). The Balaban J connectivity index is 1.48. The predicted octanol–water partition coefficient (Wildman–Crippen LogP) is 3.73. The van der Waals surface area contributed by atoms with Crippen LogP contribution in [-0.2, 0) is 22.4 Å². The van der Waals surface area contributed by atoms with Crippen molar-refractivity contribution in [3.8, 4) is 0 Å². The van der Waals surface area contributed by atoms with Gasteiger partial charge >= 0.3 is 0 Å². The number of hydrogen-bond donors (Lipinski definition) is 1. The van der Waals surface area contributed by atoms with Crippen molar-refractivity contribution in [1.82, 2.24) is 10.2 Å². The third-order valence-corrected chi connectivity index (χ3v) is 5.84. The normalized spacial score (nSPS) is 16.6. The maximum atomic E-state index is 13.0. The molecule has 0 saturated carbocycles. The smallest absolute Gasteiger partial charge is 0.227 e. The quantitative estimate of drug-likeness (QED) is 0.734. The zero-order chi connectivity index (χ0) is 19.9. The van der Waals surface area contributed by atoms with E-state index in [9.17, 15) is 14.0 Å². The lowest BCUT2D eigenvalue weighted by molar-refractivity contribution is -0.135. The first kappa shape index (κ1) is 20.5. The number of carbonyl (C=O) groups excluding carboxylic acids is 2. The van der Waals surface area contributed by atoms with E-state index in [4.69, 9.17) is 0 Å². The van der Waals surface area contributed by atoms with E-state index in [1.165, 1.54) is 12.1 Å². The Kier molecular flexibility index (Phi) is 7.20. The molecule has 4 nitrogen and oxygen atoms in total. The van der Waals surface area contributed by atoms with Crippen LogP contribution in [0.4, 0.5) is 4.39 Å². The van der Waals surface area contributed by atoms with Gasteiger partial charge in [0.05, 0.1) is 12.3 Å². The third-order valence-electron chi connectivity index (χ3n) is 5.06. The van der Waals surface area contributed by atoms with Crippen LogP contribution in [0.25, 0.3) is 0 Å². The van der Waals surface area contributed by atoms with Gasteiger partial charge in [-0.05, 0) is 48.6 Å². The van der Waals surface area contributed by atoms with Crippen LogP contribution in [0.15, 0.2) is 53.0 Å². The van der Waals surface area contributed by atoms with Crippen LogP contribution in [0, 0.1) is 11.7 Å². The monoisotopic (exact) mass is 446 g/mol. The molecule has 2 amide bonds. The molecule has 1 unspecified atom stereocenters. The summed E-state index contributed by atoms with van der Waals surface area (Å²) >= 11 is 3.52. The standard InChI is InChI=1S/C22H24BrFN2O2/c23-20-6-2-1-4-17(20)11-12-25-22(28)18-5-3-13-26(15-18)21(27)14-16-7-9-19(24)10-8-16/h1-2,4,6-10,18H,3,5,11-15H2,(H,25,28). The predicted molar refractivity (Wildman–Crippen MR) is 110 cm³/mol. The SMILES string of the molecule is O=C(NCCc1ccccc1Br)C1CCCN(C(=O)Cc2ccc(F)cc2)C1. The highest BCUT2D eigenvalue weighted by Crippen LogP contribution is 2.19. The second kappa shape index (κ2) is 9.82. The van der Waals surface area contributed by atoms with E-state index in [1.807, 2.05) is 24.3 Å². The first-order valence-electron chi connectivity index (χ1n) is 9.56. The first-order chi connectivity index (χ1) is 13.5. The molecule has 1 aliphatic rings. The van der Waals surface area contributed by atoms with Crippen LogP contribution in [0.5, 0.6) is 0 Å². The van der Waals surface area contributed by atoms with Gasteiger partial charge in [-0.25, -0.2) is 4.39 Å². The molecule has 0 spiro atoms. The van der Waals surface area contributed by atoms with Crippen molar-refractivity contribution < 1.29 is 14.0 Å². The number of amides is 2. The Bertz CT molecular complexity index is 826. The minimum absolute atomic E-state index is 0.00587. The summed E-state index contributed by atoms with van der Waals surface area (Å²) in [6.07, 6.45) is 2.60. The zero-order valence-corrected chi connectivity index (χ0v) is 17.3. The minimum atomic E-state index is -0.312. The van der Waals surface area contributed by atoms with Crippen molar-refractivity contribution >= 4 is 27.7 Å². The van der Waals surface area contributed by atoms with Crippen LogP contribution in [-0.4, -0.2) is 36.3 Å². The fourth-order valence-corrected chi connectivity index (χ4v) is 3.96. The molecule has 148 valence electrons. The van der Waals surface area contributed by atoms with Crippen LogP contribution >= 0.6 is 15.9 Å². The van der Waals surface area contributed by atoms with E-state index < -0.39 is 0 Å². The van der Waals surface area contributed by atoms with Gasteiger partial charge in [0.2, 0.25) is 11.8 Å². The molecule has 1 heterocycles. The summed E-state index contributed by atoms with van der Waals surface area (Å²) in [5, 5.41) is 3.00. The van der Waals surface area contributed by atoms with Crippen LogP contribution < -0.4 is 5.32 Å². The second-order valence-electron chi connectivity index (χ2n) is 7.11. The Morgan fingerprint density at radius 3 is 2.64 bits per heavy atom. The average molecular weight is 447 g/mol. The summed E-state index contributed by atoms with van der Waals surface area (Å²) in [6.45, 7) is 1.68. The Labute approximate surface area is 173 Å². The fourth-order valence-electron chi connectivity index (χ4n) is 3.47. The molecule has 0 bridgehead atoms. The van der Waals surface area contributed by atoms with Gasteiger partial charge < -0.3 is 10.2 Å². The average Bonchev–Trinajstić information content (AvgIpc) is 2.71. The highest BCUT2D eigenvalue weighted by Gasteiger charge is 2.28. The summed E-state index contributed by atoms with van der Waals surface area (Å²) in [7, 11) is 0. The van der Waals surface area contributed by atoms with Crippen molar-refractivity contribution in [2.24, 2.45) is 5.92 Å². The van der Waals surface area contributed by atoms with Gasteiger partial charge in [-0.2, -0.15) is 0 Å². The number of halogens is 2. The molecule has 0 aromatic heterocycles. The van der Waals surface area contributed by atoms with E-state index in [0.29, 0.717) is 19.6 Å². The van der Waals surface area contributed by atoms with Crippen molar-refractivity contribution in [2.75, 3.05) is 19.6 Å². The molecule has 0 radical (unpaired) electrons. The number of nitrogens with zero attached hydrogens (tertiary/aromatic N) is 1. The van der Waals surface area contributed by atoms with Gasteiger partial charge in [0, 0.05) is 24.1 Å². The summed E-state index contributed by atoms with van der Waals surface area (Å²) in [5.74, 6) is -0.498. The number of hydrogen-bond acceptors (Lipinski definition) is 2. The molecule has 6 heteroatoms. The Morgan fingerprint density at radius 2 is 1.89 bits per heavy atom. The van der Waals surface area contributed by atoms with Gasteiger partial charge in [-0.15, -0.1) is 0 Å². The van der Waals surface area contributed by atoms with Gasteiger partial charge in [0.25, 0.3) is 0 Å². The third kappa shape index (κ3) is 5.64. The number of carbonyl (C=O) groups is 2. The lowest BCUT2D eigenvalue weighted by Gasteiger charge is -2.32. The summed E-state index contributed by atoms with van der Waals surface area (Å²) < 4.78 is 14.0. The highest BCUT2D eigenvalue weighted by atomic mass is 79.9. The van der Waals surface area contributed by atoms with Crippen molar-refractivity contribution in [2.45, 2.75) is 25.7 Å². The molecular formula is C22H24BrFN2O2. The number of likely N-dealkylation sites (tertiary alicyclic amines) is 1. The van der Waals surface area contributed by atoms with E-state index in [0.717, 1.165) is 34.9 Å². The maximum Gasteiger partial charge on any atom is 0.227 e. The molecule has 2 aromatic rings. The molecule has 1 atom stereocenters. The number of nitrogens with one attached hydrogen (secondary N) is 1. The molecule has 28 heavy (non-hydrogen) atoms. The zero-order valence-electron chi connectivity index (χ0n) is 15.7. The van der Waals surface area contributed by atoms with E-state index in [-0.39, 0.29) is 30.0 Å². The van der Waals surface area contributed by atoms with Crippen LogP contribution in [0.1, 0.15) is 24.0 Å². The van der Waals surface area contributed by atoms with Crippen LogP contribution in [0.2, 0.25) is 0 Å². The van der Waals surface area contributed by atoms with E-state index in [2.05, 4.69) is 21.2 Å². The second-order valence-corrected chi connectivity index (χ2v) is 7.97. The van der Waals surface area contributed by atoms with Crippen molar-refractivity contribution in [3.05, 3.63) is 69.9 Å². The summed E-state index contributed by atoms with van der Waals surface area (Å²) in [5.41, 5.74) is 1.94. The molecule has 1 saturated heterocycles. The largest absolute Gasteiger partial charge is 0.355 e. The molecule has 0 aliphatic carbocycles. The number of benzene rings is 2.